The minimum Gasteiger partial charge on any atom is -0.383 e. The SMILES string of the molecule is CC(C)Cc1ccc(-c2cc(-c3ccc(C(C)C)cc3)c(C#N)c(N)n2)cc1. The number of nitrogen functional groups attached to an aromatic ring is 1. The monoisotopic (exact) mass is 369 g/mol. The number of anilines is 1. The molecule has 3 rings (SSSR count). The Hall–Kier alpha value is -3.12. The molecule has 0 saturated heterocycles. The van der Waals surface area contributed by atoms with Gasteiger partial charge >= 0.3 is 0 Å². The van der Waals surface area contributed by atoms with E-state index < -0.39 is 0 Å². The van der Waals surface area contributed by atoms with Gasteiger partial charge in [-0.25, -0.2) is 4.98 Å². The molecule has 0 fully saturated rings. The van der Waals surface area contributed by atoms with Crippen molar-refractivity contribution in [2.75, 3.05) is 5.73 Å². The molecule has 0 aliphatic rings. The molecule has 1 aromatic heterocycles. The van der Waals surface area contributed by atoms with Crippen LogP contribution < -0.4 is 5.73 Å². The molecule has 3 aromatic rings. The second-order valence-electron chi connectivity index (χ2n) is 8.00. The number of hydrogen-bond donors (Lipinski definition) is 1. The van der Waals surface area contributed by atoms with Gasteiger partial charge in [-0.15, -0.1) is 0 Å². The Morgan fingerprint density at radius 3 is 2.07 bits per heavy atom. The third kappa shape index (κ3) is 4.23. The summed E-state index contributed by atoms with van der Waals surface area (Å²) in [6.07, 6.45) is 1.05. The number of rotatable bonds is 5. The summed E-state index contributed by atoms with van der Waals surface area (Å²) in [6, 6.07) is 21.0. The maximum absolute atomic E-state index is 9.62. The van der Waals surface area contributed by atoms with Gasteiger partial charge in [-0.05, 0) is 41.0 Å². The largest absolute Gasteiger partial charge is 0.383 e. The van der Waals surface area contributed by atoms with E-state index in [2.05, 4.69) is 87.3 Å². The Morgan fingerprint density at radius 2 is 1.54 bits per heavy atom. The van der Waals surface area contributed by atoms with Gasteiger partial charge in [-0.2, -0.15) is 5.26 Å². The number of aromatic nitrogens is 1. The van der Waals surface area contributed by atoms with Crippen LogP contribution in [0.1, 0.15) is 50.3 Å². The third-order valence-electron chi connectivity index (χ3n) is 4.94. The number of pyridine rings is 1. The van der Waals surface area contributed by atoms with E-state index in [9.17, 15) is 5.26 Å². The van der Waals surface area contributed by atoms with Gasteiger partial charge in [-0.1, -0.05) is 76.2 Å². The fourth-order valence-corrected chi connectivity index (χ4v) is 3.39. The van der Waals surface area contributed by atoms with Crippen LogP contribution >= 0.6 is 0 Å². The van der Waals surface area contributed by atoms with E-state index in [0.29, 0.717) is 17.4 Å². The minimum atomic E-state index is 0.272. The van der Waals surface area contributed by atoms with Crippen LogP contribution in [-0.4, -0.2) is 4.98 Å². The zero-order chi connectivity index (χ0) is 20.3. The van der Waals surface area contributed by atoms with E-state index in [0.717, 1.165) is 28.8 Å². The fourth-order valence-electron chi connectivity index (χ4n) is 3.39. The smallest absolute Gasteiger partial charge is 0.142 e. The van der Waals surface area contributed by atoms with Gasteiger partial charge in [0.1, 0.15) is 17.5 Å². The van der Waals surface area contributed by atoms with E-state index in [4.69, 9.17) is 5.73 Å². The Bertz CT molecular complexity index is 992. The summed E-state index contributed by atoms with van der Waals surface area (Å²) in [7, 11) is 0. The van der Waals surface area contributed by atoms with E-state index in [1.54, 1.807) is 0 Å². The molecule has 0 unspecified atom stereocenters. The average molecular weight is 370 g/mol. The van der Waals surface area contributed by atoms with Gasteiger partial charge in [0.15, 0.2) is 0 Å². The zero-order valence-corrected chi connectivity index (χ0v) is 17.0. The molecule has 0 amide bonds. The highest BCUT2D eigenvalue weighted by molar-refractivity contribution is 5.80. The lowest BCUT2D eigenvalue weighted by atomic mass is 9.95. The molecule has 2 N–H and O–H groups in total. The second-order valence-corrected chi connectivity index (χ2v) is 8.00. The highest BCUT2D eigenvalue weighted by atomic mass is 14.8. The van der Waals surface area contributed by atoms with E-state index in [-0.39, 0.29) is 5.82 Å². The van der Waals surface area contributed by atoms with Crippen molar-refractivity contribution in [3.05, 3.63) is 71.3 Å². The molecular formula is C25H27N3. The Balaban J connectivity index is 2.04. The first-order valence-corrected chi connectivity index (χ1v) is 9.79. The molecule has 3 nitrogen and oxygen atoms in total. The van der Waals surface area contributed by atoms with Gasteiger partial charge in [0.2, 0.25) is 0 Å². The second kappa shape index (κ2) is 8.27. The summed E-state index contributed by atoms with van der Waals surface area (Å²) >= 11 is 0. The maximum atomic E-state index is 9.62. The van der Waals surface area contributed by atoms with Gasteiger partial charge in [0.25, 0.3) is 0 Å². The van der Waals surface area contributed by atoms with Crippen LogP contribution in [0.4, 0.5) is 5.82 Å². The molecule has 142 valence electrons. The molecule has 0 radical (unpaired) electrons. The van der Waals surface area contributed by atoms with Crippen molar-refractivity contribution < 1.29 is 0 Å². The normalized spacial score (nSPS) is 11.0. The van der Waals surface area contributed by atoms with Crippen LogP contribution in [0.15, 0.2) is 54.6 Å². The van der Waals surface area contributed by atoms with E-state index >= 15 is 0 Å². The van der Waals surface area contributed by atoms with Gasteiger partial charge in [-0.3, -0.25) is 0 Å². The van der Waals surface area contributed by atoms with Crippen molar-refractivity contribution in [1.82, 2.24) is 4.98 Å². The lowest BCUT2D eigenvalue weighted by Crippen LogP contribution is -2.00. The van der Waals surface area contributed by atoms with Crippen LogP contribution in [0.5, 0.6) is 0 Å². The molecule has 1 heterocycles. The maximum Gasteiger partial charge on any atom is 0.142 e. The summed E-state index contributed by atoms with van der Waals surface area (Å²) in [4.78, 5) is 4.49. The van der Waals surface area contributed by atoms with E-state index in [1.165, 1.54) is 11.1 Å². The number of nitrogens with zero attached hydrogens (tertiary/aromatic N) is 2. The number of nitrogens with two attached hydrogens (primary N) is 1. The molecule has 0 saturated carbocycles. The van der Waals surface area contributed by atoms with Crippen molar-refractivity contribution in [2.24, 2.45) is 5.92 Å². The highest BCUT2D eigenvalue weighted by Gasteiger charge is 2.14. The van der Waals surface area contributed by atoms with Crippen LogP contribution in [0.25, 0.3) is 22.4 Å². The molecule has 0 bridgehead atoms. The summed E-state index contributed by atoms with van der Waals surface area (Å²) in [6.45, 7) is 8.77. The lowest BCUT2D eigenvalue weighted by molar-refractivity contribution is 0.647. The number of benzene rings is 2. The van der Waals surface area contributed by atoms with Crippen LogP contribution in [-0.2, 0) is 6.42 Å². The van der Waals surface area contributed by atoms with Crippen LogP contribution in [0.2, 0.25) is 0 Å². The molecule has 28 heavy (non-hydrogen) atoms. The predicted molar refractivity (Wildman–Crippen MR) is 117 cm³/mol. The molecule has 0 aliphatic carbocycles. The summed E-state index contributed by atoms with van der Waals surface area (Å²) < 4.78 is 0. The number of hydrogen-bond acceptors (Lipinski definition) is 3. The van der Waals surface area contributed by atoms with Gasteiger partial charge in [0.05, 0.1) is 5.69 Å². The first-order chi connectivity index (χ1) is 13.4. The summed E-state index contributed by atoms with van der Waals surface area (Å²) in [5, 5.41) is 9.62. The van der Waals surface area contributed by atoms with Gasteiger partial charge < -0.3 is 5.73 Å². The van der Waals surface area contributed by atoms with Crippen LogP contribution in [0, 0.1) is 17.2 Å². The van der Waals surface area contributed by atoms with Crippen molar-refractivity contribution in [2.45, 2.75) is 40.0 Å². The number of nitriles is 1. The Labute approximate surface area is 167 Å². The molecule has 3 heteroatoms. The lowest BCUT2D eigenvalue weighted by Gasteiger charge is -2.12. The molecule has 0 aliphatic heterocycles. The van der Waals surface area contributed by atoms with Gasteiger partial charge in [0, 0.05) is 11.1 Å². The first kappa shape index (κ1) is 19.6. The summed E-state index contributed by atoms with van der Waals surface area (Å²) in [5.41, 5.74) is 12.8. The third-order valence-corrected chi connectivity index (χ3v) is 4.94. The van der Waals surface area contributed by atoms with Crippen molar-refractivity contribution in [3.8, 4) is 28.5 Å². The highest BCUT2D eigenvalue weighted by Crippen LogP contribution is 2.32. The Morgan fingerprint density at radius 1 is 0.929 bits per heavy atom. The quantitative estimate of drug-likeness (QED) is 0.583. The minimum absolute atomic E-state index is 0.272. The topological polar surface area (TPSA) is 62.7 Å². The average Bonchev–Trinajstić information content (AvgIpc) is 2.67. The van der Waals surface area contributed by atoms with Crippen molar-refractivity contribution >= 4 is 5.82 Å². The van der Waals surface area contributed by atoms with E-state index in [1.807, 2.05) is 6.07 Å². The Kier molecular flexibility index (Phi) is 5.80. The fraction of sp³-hybridized carbons (Fsp3) is 0.280. The summed E-state index contributed by atoms with van der Waals surface area (Å²) in [5.74, 6) is 1.36. The zero-order valence-electron chi connectivity index (χ0n) is 17.0. The molecular weight excluding hydrogens is 342 g/mol. The molecule has 0 atom stereocenters. The molecule has 0 spiro atoms. The first-order valence-electron chi connectivity index (χ1n) is 9.79. The van der Waals surface area contributed by atoms with Crippen molar-refractivity contribution in [3.63, 3.8) is 0 Å². The standard InChI is InChI=1S/C25H27N3/c1-16(2)13-18-5-7-21(8-6-18)24-14-22(23(15-26)25(27)28-24)20-11-9-19(10-12-20)17(3)4/h5-12,14,16-17H,13H2,1-4H3,(H2,27,28). The molecule has 2 aromatic carbocycles. The predicted octanol–water partition coefficient (Wildman–Crippen LogP) is 6.19. The van der Waals surface area contributed by atoms with Crippen molar-refractivity contribution in [1.29, 1.82) is 5.26 Å². The van der Waals surface area contributed by atoms with Crippen LogP contribution in [0.3, 0.4) is 0 Å².